The van der Waals surface area contributed by atoms with Crippen molar-refractivity contribution >= 4 is 11.9 Å². The number of nitrogens with two attached hydrogens (primary N) is 1. The molecule has 1 amide bonds. The van der Waals surface area contributed by atoms with E-state index in [1.165, 1.54) is 0 Å². The second-order valence-electron chi connectivity index (χ2n) is 4.12. The lowest BCUT2D eigenvalue weighted by Crippen LogP contribution is -2.30. The Labute approximate surface area is 95.5 Å². The summed E-state index contributed by atoms with van der Waals surface area (Å²) in [4.78, 5) is 19.7. The fraction of sp³-hybridized carbons (Fsp3) is 0.545. The monoisotopic (exact) mass is 222 g/mol. The van der Waals surface area contributed by atoms with Crippen molar-refractivity contribution < 1.29 is 4.79 Å². The van der Waals surface area contributed by atoms with Crippen LogP contribution in [0.4, 0.5) is 5.95 Å². The van der Waals surface area contributed by atoms with Crippen LogP contribution >= 0.6 is 0 Å². The van der Waals surface area contributed by atoms with Crippen molar-refractivity contribution in [2.75, 3.05) is 11.9 Å². The Balaban J connectivity index is 2.56. The molecule has 0 fully saturated rings. The first-order valence-electron chi connectivity index (χ1n) is 5.41. The van der Waals surface area contributed by atoms with Crippen LogP contribution in [0.3, 0.4) is 0 Å². The third-order valence-electron chi connectivity index (χ3n) is 2.21. The number of amides is 1. The highest BCUT2D eigenvalue weighted by atomic mass is 16.2. The first kappa shape index (κ1) is 12.6. The van der Waals surface area contributed by atoms with Crippen LogP contribution < -0.4 is 11.1 Å². The molecule has 1 rings (SSSR count). The number of nitrogens with zero attached hydrogens (tertiary/aromatic N) is 2. The van der Waals surface area contributed by atoms with Gasteiger partial charge in [0, 0.05) is 18.9 Å². The minimum Gasteiger partial charge on any atom is -0.330 e. The molecule has 0 saturated heterocycles. The molecule has 5 nitrogen and oxygen atoms in total. The third kappa shape index (κ3) is 3.94. The Kier molecular flexibility index (Phi) is 4.85. The standard InChI is InChI=1S/C11H18N4O/c1-8(2)6-9(7-12)10(16)15-11-13-4-3-5-14-11/h3-5,8-9H,6-7,12H2,1-2H3,(H,13,14,15,16). The van der Waals surface area contributed by atoms with E-state index in [2.05, 4.69) is 29.1 Å². The van der Waals surface area contributed by atoms with E-state index < -0.39 is 0 Å². The van der Waals surface area contributed by atoms with Gasteiger partial charge in [0.15, 0.2) is 0 Å². The van der Waals surface area contributed by atoms with Gasteiger partial charge < -0.3 is 5.73 Å². The Morgan fingerprint density at radius 2 is 2.06 bits per heavy atom. The minimum atomic E-state index is -0.177. The number of carbonyl (C=O) groups excluding carboxylic acids is 1. The van der Waals surface area contributed by atoms with Crippen LogP contribution in [0.25, 0.3) is 0 Å². The molecule has 0 aliphatic rings. The second kappa shape index (κ2) is 6.17. The average Bonchev–Trinajstić information content (AvgIpc) is 2.26. The highest BCUT2D eigenvalue weighted by molar-refractivity contribution is 5.91. The van der Waals surface area contributed by atoms with Crippen LogP contribution in [0.15, 0.2) is 18.5 Å². The van der Waals surface area contributed by atoms with Crippen LogP contribution in [-0.2, 0) is 4.79 Å². The van der Waals surface area contributed by atoms with Gasteiger partial charge in [0.25, 0.3) is 0 Å². The molecule has 16 heavy (non-hydrogen) atoms. The summed E-state index contributed by atoms with van der Waals surface area (Å²) in [6.45, 7) is 4.47. The molecule has 0 aliphatic heterocycles. The lowest BCUT2D eigenvalue weighted by Gasteiger charge is -2.15. The molecule has 1 aromatic heterocycles. The summed E-state index contributed by atoms with van der Waals surface area (Å²) < 4.78 is 0. The molecule has 1 unspecified atom stereocenters. The van der Waals surface area contributed by atoms with E-state index in [-0.39, 0.29) is 11.8 Å². The average molecular weight is 222 g/mol. The van der Waals surface area contributed by atoms with Gasteiger partial charge in [-0.15, -0.1) is 0 Å². The molecule has 0 saturated carbocycles. The van der Waals surface area contributed by atoms with Crippen molar-refractivity contribution in [2.24, 2.45) is 17.6 Å². The van der Waals surface area contributed by atoms with Crippen molar-refractivity contribution in [3.8, 4) is 0 Å². The van der Waals surface area contributed by atoms with Gasteiger partial charge >= 0.3 is 0 Å². The molecule has 0 spiro atoms. The third-order valence-corrected chi connectivity index (χ3v) is 2.21. The molecule has 0 aliphatic carbocycles. The molecule has 0 aromatic carbocycles. The highest BCUT2D eigenvalue weighted by Gasteiger charge is 2.18. The maximum absolute atomic E-state index is 11.8. The molecule has 3 N–H and O–H groups in total. The minimum absolute atomic E-state index is 0.109. The van der Waals surface area contributed by atoms with Crippen LogP contribution in [0.2, 0.25) is 0 Å². The molecule has 5 heteroatoms. The molecular weight excluding hydrogens is 204 g/mol. The molecule has 1 aromatic rings. The number of carbonyl (C=O) groups is 1. The SMILES string of the molecule is CC(C)CC(CN)C(=O)Nc1ncccn1. The fourth-order valence-electron chi connectivity index (χ4n) is 1.46. The Bertz CT molecular complexity index is 326. The van der Waals surface area contributed by atoms with Gasteiger partial charge in [0.2, 0.25) is 11.9 Å². The second-order valence-corrected chi connectivity index (χ2v) is 4.12. The van der Waals surface area contributed by atoms with E-state index in [0.29, 0.717) is 18.4 Å². The highest BCUT2D eigenvalue weighted by Crippen LogP contribution is 2.12. The predicted molar refractivity (Wildman–Crippen MR) is 62.7 cm³/mol. The number of hydrogen-bond donors (Lipinski definition) is 2. The topological polar surface area (TPSA) is 80.9 Å². The van der Waals surface area contributed by atoms with Gasteiger partial charge in [0.1, 0.15) is 0 Å². The van der Waals surface area contributed by atoms with Crippen LogP contribution in [0.5, 0.6) is 0 Å². The van der Waals surface area contributed by atoms with Crippen molar-refractivity contribution in [2.45, 2.75) is 20.3 Å². The molecular formula is C11H18N4O. The van der Waals surface area contributed by atoms with E-state index in [4.69, 9.17) is 5.73 Å². The van der Waals surface area contributed by atoms with E-state index >= 15 is 0 Å². The number of anilines is 1. The lowest BCUT2D eigenvalue weighted by atomic mass is 9.96. The predicted octanol–water partition coefficient (Wildman–Crippen LogP) is 1.04. The molecule has 1 heterocycles. The van der Waals surface area contributed by atoms with Gasteiger partial charge in [0.05, 0.1) is 5.92 Å². The van der Waals surface area contributed by atoms with Crippen LogP contribution in [0.1, 0.15) is 20.3 Å². The van der Waals surface area contributed by atoms with E-state index in [1.54, 1.807) is 18.5 Å². The van der Waals surface area contributed by atoms with E-state index in [1.807, 2.05) is 0 Å². The molecule has 0 bridgehead atoms. The Morgan fingerprint density at radius 3 is 2.56 bits per heavy atom. The molecule has 88 valence electrons. The summed E-state index contributed by atoms with van der Waals surface area (Å²) in [5.41, 5.74) is 5.57. The fourth-order valence-corrected chi connectivity index (χ4v) is 1.46. The number of nitrogens with one attached hydrogen (secondary N) is 1. The van der Waals surface area contributed by atoms with Crippen molar-refractivity contribution in [3.05, 3.63) is 18.5 Å². The van der Waals surface area contributed by atoms with Crippen molar-refractivity contribution in [1.82, 2.24) is 9.97 Å². The van der Waals surface area contributed by atoms with Crippen molar-refractivity contribution in [3.63, 3.8) is 0 Å². The van der Waals surface area contributed by atoms with Gasteiger partial charge in [-0.1, -0.05) is 13.8 Å². The zero-order valence-electron chi connectivity index (χ0n) is 9.68. The number of aromatic nitrogens is 2. The van der Waals surface area contributed by atoms with E-state index in [9.17, 15) is 4.79 Å². The summed E-state index contributed by atoms with van der Waals surface area (Å²) >= 11 is 0. The summed E-state index contributed by atoms with van der Waals surface area (Å²) in [6, 6.07) is 1.70. The normalized spacial score (nSPS) is 12.5. The number of rotatable bonds is 5. The summed E-state index contributed by atoms with van der Waals surface area (Å²) in [6.07, 6.45) is 3.94. The maximum Gasteiger partial charge on any atom is 0.231 e. The first-order chi connectivity index (χ1) is 7.63. The Hall–Kier alpha value is -1.49. The van der Waals surface area contributed by atoms with Gasteiger partial charge in [-0.3, -0.25) is 10.1 Å². The smallest absolute Gasteiger partial charge is 0.231 e. The zero-order valence-corrected chi connectivity index (χ0v) is 9.68. The Morgan fingerprint density at radius 1 is 1.44 bits per heavy atom. The van der Waals surface area contributed by atoms with Gasteiger partial charge in [-0.2, -0.15) is 0 Å². The molecule has 1 atom stereocenters. The zero-order chi connectivity index (χ0) is 12.0. The van der Waals surface area contributed by atoms with Crippen molar-refractivity contribution in [1.29, 1.82) is 0 Å². The van der Waals surface area contributed by atoms with Gasteiger partial charge in [-0.25, -0.2) is 9.97 Å². The summed E-state index contributed by atoms with van der Waals surface area (Å²) in [5.74, 6) is 0.483. The van der Waals surface area contributed by atoms with E-state index in [0.717, 1.165) is 6.42 Å². The quantitative estimate of drug-likeness (QED) is 0.779. The molecule has 0 radical (unpaired) electrons. The first-order valence-corrected chi connectivity index (χ1v) is 5.41. The van der Waals surface area contributed by atoms with Gasteiger partial charge in [-0.05, 0) is 18.4 Å². The maximum atomic E-state index is 11.8. The van der Waals surface area contributed by atoms with Crippen LogP contribution in [-0.4, -0.2) is 22.4 Å². The number of hydrogen-bond acceptors (Lipinski definition) is 4. The van der Waals surface area contributed by atoms with Crippen LogP contribution in [0, 0.1) is 11.8 Å². The summed E-state index contributed by atoms with van der Waals surface area (Å²) in [7, 11) is 0. The summed E-state index contributed by atoms with van der Waals surface area (Å²) in [5, 5.41) is 2.66. The largest absolute Gasteiger partial charge is 0.330 e. The lowest BCUT2D eigenvalue weighted by molar-refractivity contribution is -0.120.